The molecule has 0 N–H and O–H groups in total. The highest BCUT2D eigenvalue weighted by atomic mass is 79.9. The van der Waals surface area contributed by atoms with Gasteiger partial charge in [-0.3, -0.25) is 4.90 Å². The van der Waals surface area contributed by atoms with E-state index in [1.165, 1.54) is 16.7 Å². The van der Waals surface area contributed by atoms with Crippen LogP contribution in [0.15, 0.2) is 120 Å². The molecular weight excluding hydrogens is 442 g/mol. The summed E-state index contributed by atoms with van der Waals surface area (Å²) in [7, 11) is 0. The number of halogens is 1. The van der Waals surface area contributed by atoms with Gasteiger partial charge in [-0.1, -0.05) is 125 Å². The molecule has 0 fully saturated rings. The minimum Gasteiger partial charge on any atom is -0.277 e. The molecule has 31 heavy (non-hydrogen) atoms. The van der Waals surface area contributed by atoms with Crippen LogP contribution in [-0.4, -0.2) is 4.90 Å². The topological polar surface area (TPSA) is 3.24 Å². The van der Waals surface area contributed by atoms with Crippen molar-refractivity contribution < 1.29 is 0 Å². The second-order valence-electron chi connectivity index (χ2n) is 7.43. The zero-order valence-corrected chi connectivity index (χ0v) is 18.9. The van der Waals surface area contributed by atoms with E-state index in [0.29, 0.717) is 0 Å². The molecule has 0 saturated heterocycles. The maximum atomic E-state index is 3.73. The molecule has 0 aromatic heterocycles. The van der Waals surface area contributed by atoms with Crippen molar-refractivity contribution in [1.29, 1.82) is 0 Å². The van der Waals surface area contributed by atoms with Crippen LogP contribution in [0.25, 0.3) is 0 Å². The molecule has 4 rings (SSSR count). The van der Waals surface area contributed by atoms with E-state index in [2.05, 4.69) is 130 Å². The van der Waals surface area contributed by atoms with Crippen LogP contribution in [0.3, 0.4) is 0 Å². The molecule has 0 aliphatic heterocycles. The van der Waals surface area contributed by atoms with Crippen molar-refractivity contribution in [1.82, 2.24) is 4.90 Å². The molecule has 2 heteroatoms. The fourth-order valence-corrected chi connectivity index (χ4v) is 4.01. The molecule has 0 amide bonds. The SMILES string of the molecule is Brc1ccccc1CN(Cc1ccccc1)C(C#Cc1ccccc1)c1ccccc1. The second kappa shape index (κ2) is 10.8. The van der Waals surface area contributed by atoms with Crippen LogP contribution in [-0.2, 0) is 13.1 Å². The molecule has 1 atom stereocenters. The lowest BCUT2D eigenvalue weighted by Gasteiger charge is -2.29. The second-order valence-corrected chi connectivity index (χ2v) is 8.28. The Balaban J connectivity index is 1.75. The van der Waals surface area contributed by atoms with Gasteiger partial charge in [-0.2, -0.15) is 0 Å². The first-order chi connectivity index (χ1) is 15.3. The Hall–Kier alpha value is -3.12. The first kappa shape index (κ1) is 21.1. The van der Waals surface area contributed by atoms with Crippen LogP contribution in [0.4, 0.5) is 0 Å². The van der Waals surface area contributed by atoms with Crippen LogP contribution in [0.2, 0.25) is 0 Å². The van der Waals surface area contributed by atoms with Gasteiger partial charge in [-0.05, 0) is 34.9 Å². The molecule has 1 unspecified atom stereocenters. The van der Waals surface area contributed by atoms with Crippen LogP contribution < -0.4 is 0 Å². The Morgan fingerprint density at radius 2 is 1.23 bits per heavy atom. The maximum absolute atomic E-state index is 3.73. The lowest BCUT2D eigenvalue weighted by atomic mass is 10.0. The molecule has 0 bridgehead atoms. The Bertz CT molecular complexity index is 1140. The van der Waals surface area contributed by atoms with Crippen molar-refractivity contribution in [3.05, 3.63) is 142 Å². The molecular formula is C29H24BrN. The highest BCUT2D eigenvalue weighted by Gasteiger charge is 2.20. The fourth-order valence-electron chi connectivity index (χ4n) is 3.60. The predicted octanol–water partition coefficient (Wildman–Crippen LogP) is 7.24. The average molecular weight is 466 g/mol. The summed E-state index contributed by atoms with van der Waals surface area (Å²) >= 11 is 3.73. The summed E-state index contributed by atoms with van der Waals surface area (Å²) in [6.45, 7) is 1.60. The summed E-state index contributed by atoms with van der Waals surface area (Å²) in [5.41, 5.74) is 4.76. The number of hydrogen-bond acceptors (Lipinski definition) is 1. The van der Waals surface area contributed by atoms with Gasteiger partial charge in [0.15, 0.2) is 0 Å². The number of nitrogens with zero attached hydrogens (tertiary/aromatic N) is 1. The molecule has 0 heterocycles. The Morgan fingerprint density at radius 3 is 1.90 bits per heavy atom. The van der Waals surface area contributed by atoms with E-state index in [9.17, 15) is 0 Å². The minimum absolute atomic E-state index is 0.0336. The molecule has 1 nitrogen and oxygen atoms in total. The van der Waals surface area contributed by atoms with Gasteiger partial charge in [0.2, 0.25) is 0 Å². The third-order valence-electron chi connectivity index (χ3n) is 5.17. The smallest absolute Gasteiger partial charge is 0.0980 e. The van der Waals surface area contributed by atoms with E-state index in [0.717, 1.165) is 23.1 Å². The molecule has 152 valence electrons. The van der Waals surface area contributed by atoms with Crippen molar-refractivity contribution in [3.8, 4) is 11.8 Å². The zero-order chi connectivity index (χ0) is 21.3. The maximum Gasteiger partial charge on any atom is 0.0980 e. The van der Waals surface area contributed by atoms with Gasteiger partial charge in [-0.15, -0.1) is 0 Å². The predicted molar refractivity (Wildman–Crippen MR) is 132 cm³/mol. The van der Waals surface area contributed by atoms with E-state index >= 15 is 0 Å². The normalized spacial score (nSPS) is 11.5. The van der Waals surface area contributed by atoms with Gasteiger partial charge in [0.05, 0.1) is 6.04 Å². The van der Waals surface area contributed by atoms with E-state index in [1.54, 1.807) is 0 Å². The van der Waals surface area contributed by atoms with E-state index in [-0.39, 0.29) is 6.04 Å². The minimum atomic E-state index is -0.0336. The number of rotatable bonds is 6. The largest absolute Gasteiger partial charge is 0.277 e. The Morgan fingerprint density at radius 1 is 0.645 bits per heavy atom. The molecule has 0 aliphatic carbocycles. The van der Waals surface area contributed by atoms with Gasteiger partial charge in [0.25, 0.3) is 0 Å². The lowest BCUT2D eigenvalue weighted by Crippen LogP contribution is -2.27. The summed E-state index contributed by atoms with van der Waals surface area (Å²) in [6.07, 6.45) is 0. The molecule has 0 aliphatic rings. The van der Waals surface area contributed by atoms with Crippen LogP contribution in [0, 0.1) is 11.8 Å². The van der Waals surface area contributed by atoms with Crippen LogP contribution in [0.5, 0.6) is 0 Å². The quantitative estimate of drug-likeness (QED) is 0.271. The van der Waals surface area contributed by atoms with Crippen LogP contribution in [0.1, 0.15) is 28.3 Å². The van der Waals surface area contributed by atoms with E-state index in [4.69, 9.17) is 0 Å². The summed E-state index contributed by atoms with van der Waals surface area (Å²) in [5.74, 6) is 6.98. The first-order valence-corrected chi connectivity index (χ1v) is 11.2. The summed E-state index contributed by atoms with van der Waals surface area (Å²) in [5, 5.41) is 0. The Kier molecular flexibility index (Phi) is 7.34. The Labute approximate surface area is 193 Å². The van der Waals surface area contributed by atoms with Crippen molar-refractivity contribution in [2.75, 3.05) is 0 Å². The fraction of sp³-hybridized carbons (Fsp3) is 0.103. The highest BCUT2D eigenvalue weighted by molar-refractivity contribution is 9.10. The molecule has 0 spiro atoms. The summed E-state index contributed by atoms with van der Waals surface area (Å²) in [6, 6.07) is 39.8. The van der Waals surface area contributed by atoms with Crippen molar-refractivity contribution >= 4 is 15.9 Å². The van der Waals surface area contributed by atoms with Crippen molar-refractivity contribution in [3.63, 3.8) is 0 Å². The molecule has 0 radical (unpaired) electrons. The molecule has 4 aromatic rings. The number of benzene rings is 4. The van der Waals surface area contributed by atoms with E-state index < -0.39 is 0 Å². The third-order valence-corrected chi connectivity index (χ3v) is 5.94. The number of hydrogen-bond donors (Lipinski definition) is 0. The van der Waals surface area contributed by atoms with Crippen LogP contribution >= 0.6 is 15.9 Å². The standard InChI is InChI=1S/C29H24BrN/c30-28-19-11-10-18-27(28)23-31(22-25-14-6-2-7-15-25)29(26-16-8-3-9-17-26)21-20-24-12-4-1-5-13-24/h1-19,29H,22-23H2. The molecule has 4 aromatic carbocycles. The van der Waals surface area contributed by atoms with Gasteiger partial charge in [0, 0.05) is 23.1 Å². The monoisotopic (exact) mass is 465 g/mol. The van der Waals surface area contributed by atoms with Gasteiger partial charge < -0.3 is 0 Å². The third kappa shape index (κ3) is 5.95. The highest BCUT2D eigenvalue weighted by Crippen LogP contribution is 2.27. The van der Waals surface area contributed by atoms with Gasteiger partial charge in [-0.25, -0.2) is 0 Å². The average Bonchev–Trinajstić information content (AvgIpc) is 2.82. The van der Waals surface area contributed by atoms with Crippen molar-refractivity contribution in [2.24, 2.45) is 0 Å². The molecule has 0 saturated carbocycles. The van der Waals surface area contributed by atoms with Gasteiger partial charge >= 0.3 is 0 Å². The first-order valence-electron chi connectivity index (χ1n) is 10.4. The van der Waals surface area contributed by atoms with Crippen molar-refractivity contribution in [2.45, 2.75) is 19.1 Å². The summed E-state index contributed by atoms with van der Waals surface area (Å²) < 4.78 is 1.12. The zero-order valence-electron chi connectivity index (χ0n) is 17.3. The van der Waals surface area contributed by atoms with E-state index in [1.807, 2.05) is 18.2 Å². The lowest BCUT2D eigenvalue weighted by molar-refractivity contribution is 0.218. The summed E-state index contributed by atoms with van der Waals surface area (Å²) in [4.78, 5) is 2.45. The van der Waals surface area contributed by atoms with Gasteiger partial charge in [0.1, 0.15) is 0 Å².